The van der Waals surface area contributed by atoms with Gasteiger partial charge in [0, 0.05) is 0 Å². The standard InChI is InChI=1S/C4H4Br2O3/c1-2-8-4(7)9-3(5)6/h2-3H,1H2. The average molecular weight is 260 g/mol. The van der Waals surface area contributed by atoms with Gasteiger partial charge >= 0.3 is 6.16 Å². The van der Waals surface area contributed by atoms with Crippen LogP contribution in [0.4, 0.5) is 4.79 Å². The van der Waals surface area contributed by atoms with E-state index in [1.54, 1.807) is 0 Å². The van der Waals surface area contributed by atoms with Gasteiger partial charge in [0.25, 0.3) is 0 Å². The van der Waals surface area contributed by atoms with E-state index in [0.29, 0.717) is 0 Å². The zero-order chi connectivity index (χ0) is 7.28. The summed E-state index contributed by atoms with van der Waals surface area (Å²) in [4.78, 5) is 10.3. The molecule has 0 unspecified atom stereocenters. The van der Waals surface area contributed by atoms with Gasteiger partial charge < -0.3 is 9.47 Å². The van der Waals surface area contributed by atoms with Crippen LogP contribution in [0.15, 0.2) is 12.8 Å². The highest BCUT2D eigenvalue weighted by Crippen LogP contribution is 2.09. The lowest BCUT2D eigenvalue weighted by Gasteiger charge is -2.00. The fraction of sp³-hybridized carbons (Fsp3) is 0.250. The monoisotopic (exact) mass is 258 g/mol. The number of hydrogen-bond donors (Lipinski definition) is 0. The summed E-state index contributed by atoms with van der Waals surface area (Å²) in [7, 11) is 0. The van der Waals surface area contributed by atoms with Crippen LogP contribution in [0.25, 0.3) is 0 Å². The Kier molecular flexibility index (Phi) is 4.80. The van der Waals surface area contributed by atoms with Crippen LogP contribution in [-0.4, -0.2) is 10.1 Å². The first kappa shape index (κ1) is 8.97. The molecule has 0 aliphatic rings. The predicted octanol–water partition coefficient (Wildman–Crippen LogP) is 2.36. The lowest BCUT2D eigenvalue weighted by atomic mass is 11.1. The van der Waals surface area contributed by atoms with E-state index in [2.05, 4.69) is 47.9 Å². The van der Waals surface area contributed by atoms with E-state index in [1.165, 1.54) is 0 Å². The van der Waals surface area contributed by atoms with Gasteiger partial charge in [-0.3, -0.25) is 0 Å². The van der Waals surface area contributed by atoms with Crippen molar-refractivity contribution in [2.24, 2.45) is 0 Å². The topological polar surface area (TPSA) is 35.5 Å². The van der Waals surface area contributed by atoms with Gasteiger partial charge in [0.15, 0.2) is 0 Å². The Morgan fingerprint density at radius 1 is 1.67 bits per heavy atom. The van der Waals surface area contributed by atoms with E-state index in [-0.39, 0.29) is 0 Å². The zero-order valence-corrected chi connectivity index (χ0v) is 7.51. The fourth-order valence-corrected chi connectivity index (χ4v) is 0.474. The van der Waals surface area contributed by atoms with E-state index in [1.807, 2.05) is 0 Å². The Morgan fingerprint density at radius 2 is 2.22 bits per heavy atom. The van der Waals surface area contributed by atoms with Gasteiger partial charge in [-0.15, -0.1) is 0 Å². The number of alkyl halides is 2. The second kappa shape index (κ2) is 4.81. The molecule has 0 fully saturated rings. The molecule has 0 N–H and O–H groups in total. The molecular weight excluding hydrogens is 256 g/mol. The van der Waals surface area contributed by atoms with Crippen LogP contribution in [0.3, 0.4) is 0 Å². The largest absolute Gasteiger partial charge is 0.515 e. The average Bonchev–Trinajstić information content (AvgIpc) is 1.63. The summed E-state index contributed by atoms with van der Waals surface area (Å²) in [5.74, 6) is 0. The molecule has 0 aromatic heterocycles. The second-order valence-electron chi connectivity index (χ2n) is 0.913. The highest BCUT2D eigenvalue weighted by Gasteiger charge is 2.05. The summed E-state index contributed by atoms with van der Waals surface area (Å²) in [5, 5.41) is 0. The lowest BCUT2D eigenvalue weighted by Crippen LogP contribution is -2.05. The zero-order valence-electron chi connectivity index (χ0n) is 4.34. The van der Waals surface area contributed by atoms with Crippen LogP contribution in [0.2, 0.25) is 0 Å². The molecule has 52 valence electrons. The van der Waals surface area contributed by atoms with Gasteiger partial charge in [0.1, 0.15) is 0 Å². The van der Waals surface area contributed by atoms with Crippen molar-refractivity contribution in [3.05, 3.63) is 12.8 Å². The first-order chi connectivity index (χ1) is 4.16. The molecule has 0 rings (SSSR count). The number of hydrogen-bond acceptors (Lipinski definition) is 3. The summed E-state index contributed by atoms with van der Waals surface area (Å²) >= 11 is 5.81. The molecule has 0 radical (unpaired) electrons. The van der Waals surface area contributed by atoms with Crippen molar-refractivity contribution in [3.8, 4) is 0 Å². The molecule has 0 saturated carbocycles. The van der Waals surface area contributed by atoms with Gasteiger partial charge in [-0.05, 0) is 31.9 Å². The third kappa shape index (κ3) is 5.85. The van der Waals surface area contributed by atoms with E-state index in [9.17, 15) is 4.79 Å². The molecule has 9 heavy (non-hydrogen) atoms. The number of halogens is 2. The van der Waals surface area contributed by atoms with Gasteiger partial charge in [0.2, 0.25) is 3.92 Å². The Bertz CT molecular complexity index is 112. The SMILES string of the molecule is C=COC(=O)OC(Br)Br. The summed E-state index contributed by atoms with van der Waals surface area (Å²) < 4.78 is 8.07. The van der Waals surface area contributed by atoms with Crippen LogP contribution in [0, 0.1) is 0 Å². The maximum absolute atomic E-state index is 10.3. The minimum Gasteiger partial charge on any atom is -0.408 e. The highest BCUT2D eigenvalue weighted by atomic mass is 79.9. The molecule has 5 heteroatoms. The van der Waals surface area contributed by atoms with Crippen molar-refractivity contribution in [2.45, 2.75) is 3.92 Å². The quantitative estimate of drug-likeness (QED) is 0.434. The molecule has 0 aliphatic heterocycles. The summed E-state index contributed by atoms with van der Waals surface area (Å²) in [6.45, 7) is 3.15. The first-order valence-electron chi connectivity index (χ1n) is 1.93. The smallest absolute Gasteiger partial charge is 0.408 e. The number of ether oxygens (including phenoxy) is 2. The highest BCUT2D eigenvalue weighted by molar-refractivity contribution is 9.24. The molecule has 0 bridgehead atoms. The Hall–Kier alpha value is -0.0300. The third-order valence-electron chi connectivity index (χ3n) is 0.365. The number of carbonyl (C=O) groups excluding carboxylic acids is 1. The first-order valence-corrected chi connectivity index (χ1v) is 3.76. The molecule has 0 aromatic rings. The van der Waals surface area contributed by atoms with Crippen molar-refractivity contribution in [2.75, 3.05) is 0 Å². The minimum atomic E-state index is -0.802. The molecule has 0 aliphatic carbocycles. The van der Waals surface area contributed by atoms with Crippen LogP contribution < -0.4 is 0 Å². The van der Waals surface area contributed by atoms with Gasteiger partial charge in [-0.2, -0.15) is 0 Å². The van der Waals surface area contributed by atoms with Crippen LogP contribution >= 0.6 is 31.9 Å². The van der Waals surface area contributed by atoms with Gasteiger partial charge in [0.05, 0.1) is 6.26 Å². The van der Waals surface area contributed by atoms with Gasteiger partial charge in [-0.25, -0.2) is 4.79 Å². The van der Waals surface area contributed by atoms with Crippen LogP contribution in [0.5, 0.6) is 0 Å². The molecule has 0 saturated heterocycles. The van der Waals surface area contributed by atoms with Gasteiger partial charge in [-0.1, -0.05) is 6.58 Å². The number of rotatable bonds is 2. The van der Waals surface area contributed by atoms with E-state index >= 15 is 0 Å². The normalized spacial score (nSPS) is 8.78. The Morgan fingerprint density at radius 3 is 2.56 bits per heavy atom. The minimum absolute atomic E-state index is 0.516. The van der Waals surface area contributed by atoms with Crippen LogP contribution in [-0.2, 0) is 9.47 Å². The predicted molar refractivity (Wildman–Crippen MR) is 39.4 cm³/mol. The van der Waals surface area contributed by atoms with Crippen molar-refractivity contribution >= 4 is 38.0 Å². The molecule has 3 nitrogen and oxygen atoms in total. The summed E-state index contributed by atoms with van der Waals surface area (Å²) in [6, 6.07) is 0. The van der Waals surface area contributed by atoms with Crippen molar-refractivity contribution in [1.29, 1.82) is 0 Å². The Balaban J connectivity index is 3.38. The third-order valence-corrected chi connectivity index (χ3v) is 0.739. The van der Waals surface area contributed by atoms with Crippen molar-refractivity contribution in [1.82, 2.24) is 0 Å². The maximum Gasteiger partial charge on any atom is 0.515 e. The molecule has 0 heterocycles. The molecule has 0 atom stereocenters. The van der Waals surface area contributed by atoms with Crippen molar-refractivity contribution < 1.29 is 14.3 Å². The van der Waals surface area contributed by atoms with Crippen molar-refractivity contribution in [3.63, 3.8) is 0 Å². The van der Waals surface area contributed by atoms with E-state index in [4.69, 9.17) is 0 Å². The summed E-state index contributed by atoms with van der Waals surface area (Å²) in [6.07, 6.45) is 0.189. The maximum atomic E-state index is 10.3. The number of carbonyl (C=O) groups is 1. The molecule has 0 aromatic carbocycles. The van der Waals surface area contributed by atoms with Crippen LogP contribution in [0.1, 0.15) is 0 Å². The Labute approximate surface area is 69.3 Å². The molecule has 0 amide bonds. The van der Waals surface area contributed by atoms with E-state index < -0.39 is 10.1 Å². The molecular formula is C4H4Br2O3. The second-order valence-corrected chi connectivity index (χ2v) is 3.81. The fourth-order valence-electron chi connectivity index (χ4n) is 0.169. The summed E-state index contributed by atoms with van der Waals surface area (Å²) in [5.41, 5.74) is 0. The van der Waals surface area contributed by atoms with E-state index in [0.717, 1.165) is 6.26 Å². The molecule has 0 spiro atoms. The lowest BCUT2D eigenvalue weighted by molar-refractivity contribution is 0.0971.